The van der Waals surface area contributed by atoms with Crippen LogP contribution in [0, 0.1) is 24.4 Å². The monoisotopic (exact) mass is 422 g/mol. The highest BCUT2D eigenvalue weighted by Gasteiger charge is 2.28. The Balaban J connectivity index is 2.31. The molecule has 2 aromatic carbocycles. The van der Waals surface area contributed by atoms with Crippen molar-refractivity contribution in [1.82, 2.24) is 5.32 Å². The lowest BCUT2D eigenvalue weighted by molar-refractivity contribution is -0.120. The summed E-state index contributed by atoms with van der Waals surface area (Å²) >= 11 is 0. The van der Waals surface area contributed by atoms with Crippen LogP contribution in [-0.4, -0.2) is 30.7 Å². The van der Waals surface area contributed by atoms with Crippen LogP contribution in [0.2, 0.25) is 0 Å². The van der Waals surface area contributed by atoms with Crippen molar-refractivity contribution in [3.05, 3.63) is 65.0 Å². The van der Waals surface area contributed by atoms with E-state index in [2.05, 4.69) is 5.32 Å². The van der Waals surface area contributed by atoms with Crippen molar-refractivity contribution in [2.45, 2.75) is 45.8 Å². The van der Waals surface area contributed by atoms with Gasteiger partial charge in [-0.2, -0.15) is 0 Å². The molecule has 162 valence electrons. The Labute approximate surface area is 173 Å². The number of alkyl carbamates (subject to hydrolysis) is 1. The number of anilines is 1. The van der Waals surface area contributed by atoms with Crippen LogP contribution in [0.3, 0.4) is 0 Å². The van der Waals surface area contributed by atoms with E-state index >= 15 is 0 Å². The van der Waals surface area contributed by atoms with Gasteiger partial charge in [0, 0.05) is 25.2 Å². The standard InChI is InChI=1S/C22H25F3N2O3/c1-13-6-7-17(12-18(13)25)27(5)20(28)19(26-21(29)30-22(2,3)4)10-14-8-15(23)11-16(24)9-14/h6-9,11-12,19H,10H2,1-5H3,(H,26,29)/t19-/m0/s1. The van der Waals surface area contributed by atoms with Crippen molar-refractivity contribution in [1.29, 1.82) is 0 Å². The second-order valence-corrected chi connectivity index (χ2v) is 8.01. The lowest BCUT2D eigenvalue weighted by Crippen LogP contribution is -2.50. The van der Waals surface area contributed by atoms with Gasteiger partial charge in [-0.1, -0.05) is 6.07 Å². The third-order valence-corrected chi connectivity index (χ3v) is 4.22. The quantitative estimate of drug-likeness (QED) is 0.771. The molecule has 0 saturated heterocycles. The van der Waals surface area contributed by atoms with Crippen molar-refractivity contribution < 1.29 is 27.5 Å². The third kappa shape index (κ3) is 6.50. The molecular weight excluding hydrogens is 397 g/mol. The van der Waals surface area contributed by atoms with E-state index in [1.54, 1.807) is 33.8 Å². The Hall–Kier alpha value is -3.03. The molecule has 0 aromatic heterocycles. The minimum Gasteiger partial charge on any atom is -0.444 e. The van der Waals surface area contributed by atoms with E-state index in [-0.39, 0.29) is 17.7 Å². The average molecular weight is 422 g/mol. The van der Waals surface area contributed by atoms with Crippen molar-refractivity contribution >= 4 is 17.7 Å². The number of rotatable bonds is 5. The molecule has 5 nitrogen and oxygen atoms in total. The minimum atomic E-state index is -1.20. The Morgan fingerprint density at radius 2 is 1.67 bits per heavy atom. The molecular formula is C22H25F3N2O3. The number of carbonyl (C=O) groups excluding carboxylic acids is 2. The summed E-state index contributed by atoms with van der Waals surface area (Å²) in [7, 11) is 1.42. The van der Waals surface area contributed by atoms with Gasteiger partial charge < -0.3 is 15.0 Å². The van der Waals surface area contributed by atoms with Crippen LogP contribution >= 0.6 is 0 Å². The Kier molecular flexibility index (Phi) is 7.12. The maximum Gasteiger partial charge on any atom is 0.408 e. The van der Waals surface area contributed by atoms with Crippen LogP contribution in [0.5, 0.6) is 0 Å². The topological polar surface area (TPSA) is 58.6 Å². The molecule has 30 heavy (non-hydrogen) atoms. The highest BCUT2D eigenvalue weighted by atomic mass is 19.1. The van der Waals surface area contributed by atoms with Gasteiger partial charge in [0.15, 0.2) is 0 Å². The van der Waals surface area contributed by atoms with Crippen LogP contribution in [0.4, 0.5) is 23.7 Å². The summed E-state index contributed by atoms with van der Waals surface area (Å²) in [6.45, 7) is 6.57. The third-order valence-electron chi connectivity index (χ3n) is 4.22. The zero-order chi connectivity index (χ0) is 22.6. The van der Waals surface area contributed by atoms with Crippen LogP contribution in [0.25, 0.3) is 0 Å². The van der Waals surface area contributed by atoms with Gasteiger partial charge in [0.2, 0.25) is 5.91 Å². The van der Waals surface area contributed by atoms with E-state index in [0.29, 0.717) is 11.6 Å². The summed E-state index contributed by atoms with van der Waals surface area (Å²) in [6.07, 6.45) is -1.05. The number of aryl methyl sites for hydroxylation is 1. The molecule has 0 aliphatic carbocycles. The molecule has 0 unspecified atom stereocenters. The number of benzene rings is 2. The largest absolute Gasteiger partial charge is 0.444 e. The summed E-state index contributed by atoms with van der Waals surface area (Å²) in [5.74, 6) is -2.70. The average Bonchev–Trinajstić information content (AvgIpc) is 2.59. The smallest absolute Gasteiger partial charge is 0.408 e. The molecule has 1 N–H and O–H groups in total. The number of nitrogens with one attached hydrogen (secondary N) is 1. The molecule has 2 rings (SSSR count). The predicted molar refractivity (Wildman–Crippen MR) is 108 cm³/mol. The molecule has 0 spiro atoms. The minimum absolute atomic E-state index is 0.172. The SMILES string of the molecule is Cc1ccc(N(C)C(=O)[C@H](Cc2cc(F)cc(F)c2)NC(=O)OC(C)(C)C)cc1F. The van der Waals surface area contributed by atoms with Gasteiger partial charge in [0.25, 0.3) is 0 Å². The zero-order valence-corrected chi connectivity index (χ0v) is 17.6. The summed E-state index contributed by atoms with van der Waals surface area (Å²) in [5.41, 5.74) is 0.0439. The van der Waals surface area contributed by atoms with E-state index in [4.69, 9.17) is 4.74 Å². The van der Waals surface area contributed by atoms with Gasteiger partial charge in [-0.3, -0.25) is 4.79 Å². The summed E-state index contributed by atoms with van der Waals surface area (Å²) in [4.78, 5) is 26.5. The van der Waals surface area contributed by atoms with Crippen molar-refractivity contribution in [3.63, 3.8) is 0 Å². The number of carbonyl (C=O) groups is 2. The van der Waals surface area contributed by atoms with E-state index < -0.39 is 41.1 Å². The number of likely N-dealkylation sites (N-methyl/N-ethyl adjacent to an activating group) is 1. The first kappa shape index (κ1) is 23.3. The van der Waals surface area contributed by atoms with Crippen LogP contribution in [-0.2, 0) is 16.0 Å². The lowest BCUT2D eigenvalue weighted by Gasteiger charge is -2.27. The maximum absolute atomic E-state index is 13.9. The molecule has 2 amide bonds. The normalized spacial score (nSPS) is 12.3. The molecule has 8 heteroatoms. The van der Waals surface area contributed by atoms with Gasteiger partial charge in [0.05, 0.1) is 0 Å². The predicted octanol–water partition coefficient (Wildman–Crippen LogP) is 4.51. The molecule has 2 aromatic rings. The van der Waals surface area contributed by atoms with Crippen LogP contribution in [0.1, 0.15) is 31.9 Å². The molecule has 0 aliphatic heterocycles. The van der Waals surface area contributed by atoms with E-state index in [9.17, 15) is 22.8 Å². The van der Waals surface area contributed by atoms with Crippen LogP contribution < -0.4 is 10.2 Å². The number of hydrogen-bond acceptors (Lipinski definition) is 3. The number of hydrogen-bond donors (Lipinski definition) is 1. The summed E-state index contributed by atoms with van der Waals surface area (Å²) in [6, 6.07) is 5.94. The second-order valence-electron chi connectivity index (χ2n) is 8.01. The fraction of sp³-hybridized carbons (Fsp3) is 0.364. The zero-order valence-electron chi connectivity index (χ0n) is 17.6. The number of halogens is 3. The fourth-order valence-electron chi connectivity index (χ4n) is 2.77. The Morgan fingerprint density at radius 1 is 1.07 bits per heavy atom. The van der Waals surface area contributed by atoms with Gasteiger partial charge >= 0.3 is 6.09 Å². The Bertz CT molecular complexity index is 921. The van der Waals surface area contributed by atoms with E-state index in [1.165, 1.54) is 24.1 Å². The lowest BCUT2D eigenvalue weighted by atomic mass is 10.0. The first-order valence-corrected chi connectivity index (χ1v) is 9.34. The molecule has 0 heterocycles. The fourth-order valence-corrected chi connectivity index (χ4v) is 2.77. The summed E-state index contributed by atoms with van der Waals surface area (Å²) < 4.78 is 46.3. The second kappa shape index (κ2) is 9.19. The maximum atomic E-state index is 13.9. The van der Waals surface area contributed by atoms with Crippen molar-refractivity contribution in [3.8, 4) is 0 Å². The molecule has 0 saturated carbocycles. The number of ether oxygens (including phenoxy) is 1. The van der Waals surface area contributed by atoms with Crippen molar-refractivity contribution in [2.75, 3.05) is 11.9 Å². The van der Waals surface area contributed by atoms with E-state index in [1.807, 2.05) is 0 Å². The van der Waals surface area contributed by atoms with Gasteiger partial charge in [-0.25, -0.2) is 18.0 Å². The molecule has 0 aliphatic rings. The highest BCUT2D eigenvalue weighted by Crippen LogP contribution is 2.19. The van der Waals surface area contributed by atoms with Crippen molar-refractivity contribution in [2.24, 2.45) is 0 Å². The highest BCUT2D eigenvalue weighted by molar-refractivity contribution is 5.98. The first-order chi connectivity index (χ1) is 13.9. The molecule has 0 bridgehead atoms. The van der Waals surface area contributed by atoms with Gasteiger partial charge in [0.1, 0.15) is 29.1 Å². The first-order valence-electron chi connectivity index (χ1n) is 9.34. The number of amides is 2. The van der Waals surface area contributed by atoms with Gasteiger partial charge in [-0.05, 0) is 63.1 Å². The Morgan fingerprint density at radius 3 is 2.20 bits per heavy atom. The molecule has 1 atom stereocenters. The molecule has 0 fully saturated rings. The van der Waals surface area contributed by atoms with Gasteiger partial charge in [-0.15, -0.1) is 0 Å². The van der Waals surface area contributed by atoms with Crippen LogP contribution in [0.15, 0.2) is 36.4 Å². The van der Waals surface area contributed by atoms with E-state index in [0.717, 1.165) is 12.1 Å². The number of nitrogens with zero attached hydrogens (tertiary/aromatic N) is 1. The molecule has 0 radical (unpaired) electrons. The summed E-state index contributed by atoms with van der Waals surface area (Å²) in [5, 5.41) is 2.45.